The quantitative estimate of drug-likeness (QED) is 0.300. The lowest BCUT2D eigenvalue weighted by molar-refractivity contribution is -0.137. The second kappa shape index (κ2) is 12.8. The number of anilines is 2. The van der Waals surface area contributed by atoms with E-state index in [1.165, 1.54) is 30.3 Å². The largest absolute Gasteiger partial charge is 0.457 e. The van der Waals surface area contributed by atoms with E-state index in [1.807, 2.05) is 13.8 Å². The second-order valence-corrected chi connectivity index (χ2v) is 8.06. The zero-order chi connectivity index (χ0) is 26.8. The Balaban J connectivity index is 1.61. The van der Waals surface area contributed by atoms with Crippen LogP contribution in [0.3, 0.4) is 0 Å². The summed E-state index contributed by atoms with van der Waals surface area (Å²) in [5.74, 6) is 0.112. The first kappa shape index (κ1) is 27.5. The summed E-state index contributed by atoms with van der Waals surface area (Å²) < 4.78 is 46.5. The summed E-state index contributed by atoms with van der Waals surface area (Å²) in [7, 11) is 0. The van der Waals surface area contributed by atoms with Crippen LogP contribution in [0.4, 0.5) is 29.3 Å². The number of amides is 3. The van der Waals surface area contributed by atoms with Crippen molar-refractivity contribution in [2.75, 3.05) is 36.8 Å². The lowest BCUT2D eigenvalue weighted by Crippen LogP contribution is -2.34. The molecular formula is C27H29F3N4O3. The molecule has 37 heavy (non-hydrogen) atoms. The highest BCUT2D eigenvalue weighted by Crippen LogP contribution is 2.38. The van der Waals surface area contributed by atoms with Crippen molar-refractivity contribution in [3.63, 3.8) is 0 Å². The lowest BCUT2D eigenvalue weighted by atomic mass is 10.1. The molecule has 0 heterocycles. The summed E-state index contributed by atoms with van der Waals surface area (Å²) in [5, 5.41) is 7.54. The van der Waals surface area contributed by atoms with E-state index in [-0.39, 0.29) is 11.7 Å². The van der Waals surface area contributed by atoms with Gasteiger partial charge in [0.15, 0.2) is 0 Å². The number of benzene rings is 3. The van der Waals surface area contributed by atoms with Gasteiger partial charge in [0.1, 0.15) is 11.5 Å². The molecular weight excluding hydrogens is 485 g/mol. The SMILES string of the molecule is CCN(CC)CCNC(=O)c1ccc(NC(=O)Nc2ccc(Oc3ccccc3)cc2C(F)(F)F)cc1. The van der Waals surface area contributed by atoms with E-state index in [4.69, 9.17) is 4.74 Å². The van der Waals surface area contributed by atoms with Crippen LogP contribution < -0.4 is 20.7 Å². The van der Waals surface area contributed by atoms with Gasteiger partial charge in [-0.15, -0.1) is 0 Å². The molecule has 196 valence electrons. The third kappa shape index (κ3) is 8.25. The van der Waals surface area contributed by atoms with Crippen LogP contribution >= 0.6 is 0 Å². The van der Waals surface area contributed by atoms with Crippen LogP contribution in [0, 0.1) is 0 Å². The molecule has 0 aromatic heterocycles. The Labute approximate surface area is 213 Å². The van der Waals surface area contributed by atoms with Gasteiger partial charge in [-0.25, -0.2) is 4.79 Å². The molecule has 0 spiro atoms. The van der Waals surface area contributed by atoms with Crippen LogP contribution in [0.5, 0.6) is 11.5 Å². The van der Waals surface area contributed by atoms with E-state index in [9.17, 15) is 22.8 Å². The molecule has 3 rings (SSSR count). The Bertz CT molecular complexity index is 1180. The number of halogens is 3. The van der Waals surface area contributed by atoms with Crippen molar-refractivity contribution in [1.82, 2.24) is 10.2 Å². The molecule has 0 radical (unpaired) electrons. The normalized spacial score (nSPS) is 11.2. The number of nitrogens with one attached hydrogen (secondary N) is 3. The molecule has 0 atom stereocenters. The second-order valence-electron chi connectivity index (χ2n) is 8.06. The number of alkyl halides is 3. The van der Waals surface area contributed by atoms with Crippen molar-refractivity contribution in [2.24, 2.45) is 0 Å². The predicted molar refractivity (Wildman–Crippen MR) is 137 cm³/mol. The molecule has 0 saturated heterocycles. The van der Waals surface area contributed by atoms with Crippen molar-refractivity contribution in [3.05, 3.63) is 83.9 Å². The molecule has 0 aliphatic carbocycles. The summed E-state index contributed by atoms with van der Waals surface area (Å²) in [4.78, 5) is 26.9. The molecule has 3 amide bonds. The minimum absolute atomic E-state index is 0.0181. The van der Waals surface area contributed by atoms with E-state index in [0.29, 0.717) is 23.5 Å². The highest BCUT2D eigenvalue weighted by molar-refractivity contribution is 6.01. The standard InChI is InChI=1S/C27H29F3N4O3/c1-3-34(4-2)17-16-31-25(35)19-10-12-20(13-11-19)32-26(36)33-24-15-14-22(18-23(24)27(28,29)30)37-21-8-6-5-7-9-21/h5-15,18H,3-4,16-17H2,1-2H3,(H,31,35)(H2,32,33,36). The number of rotatable bonds is 10. The van der Waals surface area contributed by atoms with Gasteiger partial charge in [-0.1, -0.05) is 32.0 Å². The molecule has 3 N–H and O–H groups in total. The maximum Gasteiger partial charge on any atom is 0.418 e. The summed E-state index contributed by atoms with van der Waals surface area (Å²) in [6, 6.07) is 16.9. The molecule has 0 fully saturated rings. The molecule has 0 aliphatic heterocycles. The monoisotopic (exact) mass is 514 g/mol. The van der Waals surface area contributed by atoms with Gasteiger partial charge in [-0.3, -0.25) is 4.79 Å². The van der Waals surface area contributed by atoms with Crippen molar-refractivity contribution < 1.29 is 27.5 Å². The number of carbonyl (C=O) groups excluding carboxylic acids is 2. The Morgan fingerprint density at radius 1 is 0.865 bits per heavy atom. The van der Waals surface area contributed by atoms with E-state index in [0.717, 1.165) is 31.8 Å². The Kier molecular flexibility index (Phi) is 9.51. The third-order valence-electron chi connectivity index (χ3n) is 5.54. The van der Waals surface area contributed by atoms with Crippen LogP contribution in [0.1, 0.15) is 29.8 Å². The van der Waals surface area contributed by atoms with Crippen molar-refractivity contribution in [1.29, 1.82) is 0 Å². The Morgan fingerprint density at radius 3 is 2.16 bits per heavy atom. The highest BCUT2D eigenvalue weighted by Gasteiger charge is 2.34. The van der Waals surface area contributed by atoms with Gasteiger partial charge >= 0.3 is 12.2 Å². The fourth-order valence-electron chi connectivity index (χ4n) is 3.51. The number of carbonyl (C=O) groups is 2. The Hall–Kier alpha value is -4.05. The maximum absolute atomic E-state index is 13.7. The number of hydrogen-bond acceptors (Lipinski definition) is 4. The number of likely N-dealkylation sites (N-methyl/N-ethyl adjacent to an activating group) is 1. The van der Waals surface area contributed by atoms with Crippen LogP contribution in [0.15, 0.2) is 72.8 Å². The molecule has 10 heteroatoms. The van der Waals surface area contributed by atoms with Gasteiger partial charge < -0.3 is 25.6 Å². The zero-order valence-electron chi connectivity index (χ0n) is 20.6. The topological polar surface area (TPSA) is 82.7 Å². The van der Waals surface area contributed by atoms with E-state index in [1.54, 1.807) is 30.3 Å². The predicted octanol–water partition coefficient (Wildman–Crippen LogP) is 6.21. The smallest absolute Gasteiger partial charge is 0.418 e. The van der Waals surface area contributed by atoms with Gasteiger partial charge in [0.2, 0.25) is 0 Å². The molecule has 0 unspecified atom stereocenters. The number of hydrogen-bond donors (Lipinski definition) is 3. The first-order valence-corrected chi connectivity index (χ1v) is 11.8. The van der Waals surface area contributed by atoms with Crippen molar-refractivity contribution in [2.45, 2.75) is 20.0 Å². The van der Waals surface area contributed by atoms with Crippen LogP contribution in [0.2, 0.25) is 0 Å². The van der Waals surface area contributed by atoms with E-state index >= 15 is 0 Å². The van der Waals surface area contributed by atoms with Crippen molar-refractivity contribution >= 4 is 23.3 Å². The molecule has 0 aliphatic rings. The van der Waals surface area contributed by atoms with Crippen molar-refractivity contribution in [3.8, 4) is 11.5 Å². The van der Waals surface area contributed by atoms with Crippen LogP contribution in [-0.4, -0.2) is 43.0 Å². The minimum Gasteiger partial charge on any atom is -0.457 e. The average molecular weight is 515 g/mol. The van der Waals surface area contributed by atoms with Gasteiger partial charge in [0.25, 0.3) is 5.91 Å². The summed E-state index contributed by atoms with van der Waals surface area (Å²) in [6.07, 6.45) is -4.72. The third-order valence-corrected chi connectivity index (χ3v) is 5.54. The molecule has 0 bridgehead atoms. The van der Waals surface area contributed by atoms with E-state index in [2.05, 4.69) is 20.9 Å². The number of ether oxygens (including phenoxy) is 1. The average Bonchev–Trinajstić information content (AvgIpc) is 2.88. The fourth-order valence-corrected chi connectivity index (χ4v) is 3.51. The first-order chi connectivity index (χ1) is 17.7. The molecule has 3 aromatic carbocycles. The number of para-hydroxylation sites is 1. The molecule has 7 nitrogen and oxygen atoms in total. The van der Waals surface area contributed by atoms with Gasteiger partial charge in [-0.2, -0.15) is 13.2 Å². The number of urea groups is 1. The van der Waals surface area contributed by atoms with Gasteiger partial charge in [-0.05, 0) is 67.7 Å². The molecule has 0 saturated carbocycles. The summed E-state index contributed by atoms with van der Waals surface area (Å²) in [6.45, 7) is 7.12. The fraction of sp³-hybridized carbons (Fsp3) is 0.259. The summed E-state index contributed by atoms with van der Waals surface area (Å²) >= 11 is 0. The van der Waals surface area contributed by atoms with Gasteiger partial charge in [0, 0.05) is 24.3 Å². The lowest BCUT2D eigenvalue weighted by Gasteiger charge is -2.18. The van der Waals surface area contributed by atoms with Crippen LogP contribution in [-0.2, 0) is 6.18 Å². The minimum atomic E-state index is -4.72. The Morgan fingerprint density at radius 2 is 1.54 bits per heavy atom. The molecule has 3 aromatic rings. The first-order valence-electron chi connectivity index (χ1n) is 11.8. The zero-order valence-corrected chi connectivity index (χ0v) is 20.6. The highest BCUT2D eigenvalue weighted by atomic mass is 19.4. The van der Waals surface area contributed by atoms with Crippen LogP contribution in [0.25, 0.3) is 0 Å². The number of nitrogens with zero attached hydrogens (tertiary/aromatic N) is 1. The maximum atomic E-state index is 13.7. The van der Waals surface area contributed by atoms with Gasteiger partial charge in [0.05, 0.1) is 11.3 Å². The summed E-state index contributed by atoms with van der Waals surface area (Å²) in [5.41, 5.74) is -0.754. The van der Waals surface area contributed by atoms with E-state index < -0.39 is 23.5 Å².